The van der Waals surface area contributed by atoms with Gasteiger partial charge in [0.05, 0.1) is 11.5 Å². The number of carbonyl (C=O) groups excluding carboxylic acids is 2. The van der Waals surface area contributed by atoms with Gasteiger partial charge >= 0.3 is 0 Å². The van der Waals surface area contributed by atoms with Gasteiger partial charge in [0.25, 0.3) is 0 Å². The lowest BCUT2D eigenvalue weighted by atomic mass is 9.89. The first kappa shape index (κ1) is 13.3. The smallest absolute Gasteiger partial charge is 0.239 e. The number of amides is 2. The van der Waals surface area contributed by atoms with Crippen LogP contribution in [0.4, 0.5) is 0 Å². The minimum absolute atomic E-state index is 0.0363. The maximum atomic E-state index is 12.3. The Morgan fingerprint density at radius 2 is 2.17 bits per heavy atom. The van der Waals surface area contributed by atoms with E-state index in [4.69, 9.17) is 0 Å². The average Bonchev–Trinajstić information content (AvgIpc) is 2.82. The van der Waals surface area contributed by atoms with Crippen LogP contribution >= 0.6 is 0 Å². The van der Waals surface area contributed by atoms with Crippen molar-refractivity contribution in [2.75, 3.05) is 26.7 Å². The molecule has 5 heteroatoms. The summed E-state index contributed by atoms with van der Waals surface area (Å²) in [5.74, 6) is 0.205. The second kappa shape index (κ2) is 5.26. The van der Waals surface area contributed by atoms with Gasteiger partial charge in [0.1, 0.15) is 0 Å². The van der Waals surface area contributed by atoms with Crippen LogP contribution in [0.5, 0.6) is 0 Å². The first-order valence-electron chi connectivity index (χ1n) is 6.81. The molecule has 102 valence electrons. The van der Waals surface area contributed by atoms with Crippen molar-refractivity contribution < 1.29 is 9.59 Å². The number of piperidine rings is 1. The van der Waals surface area contributed by atoms with Crippen molar-refractivity contribution >= 4 is 11.8 Å². The molecule has 2 aliphatic rings. The third-order valence-corrected chi connectivity index (χ3v) is 4.17. The van der Waals surface area contributed by atoms with E-state index in [0.29, 0.717) is 13.1 Å². The molecule has 1 unspecified atom stereocenters. The van der Waals surface area contributed by atoms with Gasteiger partial charge in [-0.25, -0.2) is 0 Å². The molecule has 2 saturated heterocycles. The van der Waals surface area contributed by atoms with Gasteiger partial charge in [-0.1, -0.05) is 6.42 Å². The summed E-state index contributed by atoms with van der Waals surface area (Å²) in [6.45, 7) is 4.11. The highest BCUT2D eigenvalue weighted by Gasteiger charge is 2.42. The minimum atomic E-state index is -0.418. The molecule has 2 rings (SSSR count). The number of hydrogen-bond donors (Lipinski definition) is 2. The molecular formula is C13H23N3O2. The van der Waals surface area contributed by atoms with Crippen molar-refractivity contribution in [2.45, 2.75) is 38.6 Å². The highest BCUT2D eigenvalue weighted by Crippen LogP contribution is 2.30. The van der Waals surface area contributed by atoms with Crippen molar-refractivity contribution in [3.8, 4) is 0 Å². The van der Waals surface area contributed by atoms with Gasteiger partial charge in [-0.2, -0.15) is 0 Å². The molecule has 0 saturated carbocycles. The van der Waals surface area contributed by atoms with Crippen LogP contribution in [0.15, 0.2) is 0 Å². The molecule has 0 aromatic rings. The van der Waals surface area contributed by atoms with Crippen LogP contribution in [0.2, 0.25) is 0 Å². The molecule has 2 amide bonds. The molecule has 2 fully saturated rings. The normalized spacial score (nSPS) is 32.3. The van der Waals surface area contributed by atoms with Crippen LogP contribution in [0.3, 0.4) is 0 Å². The van der Waals surface area contributed by atoms with Gasteiger partial charge in [-0.05, 0) is 32.7 Å². The average molecular weight is 253 g/mol. The fourth-order valence-corrected chi connectivity index (χ4v) is 2.92. The summed E-state index contributed by atoms with van der Waals surface area (Å²) in [6.07, 6.45) is 3.95. The Morgan fingerprint density at radius 1 is 1.39 bits per heavy atom. The molecule has 2 aliphatic heterocycles. The fourth-order valence-electron chi connectivity index (χ4n) is 2.92. The number of hydrogen-bond acceptors (Lipinski definition) is 3. The van der Waals surface area contributed by atoms with Crippen LogP contribution in [-0.2, 0) is 9.59 Å². The number of carbonyl (C=O) groups is 2. The monoisotopic (exact) mass is 253 g/mol. The second-order valence-electron chi connectivity index (χ2n) is 5.65. The largest absolute Gasteiger partial charge is 0.359 e. The standard InChI is InChI=1S/C13H23N3O2/c1-13(12(18)14-2)6-8-16(9-13)11(17)10-5-3-4-7-15-10/h10,15H,3-9H2,1-2H3,(H,14,18)/t10-,13?/m0/s1. The van der Waals surface area contributed by atoms with Gasteiger partial charge in [0.2, 0.25) is 11.8 Å². The molecule has 18 heavy (non-hydrogen) atoms. The lowest BCUT2D eigenvalue weighted by molar-refractivity contribution is -0.134. The SMILES string of the molecule is CNC(=O)C1(C)CCN(C(=O)[C@@H]2CCCCN2)C1. The first-order valence-corrected chi connectivity index (χ1v) is 6.81. The highest BCUT2D eigenvalue weighted by atomic mass is 16.2. The van der Waals surface area contributed by atoms with E-state index in [0.717, 1.165) is 32.2 Å². The summed E-state index contributed by atoms with van der Waals surface area (Å²) < 4.78 is 0. The van der Waals surface area contributed by atoms with Gasteiger partial charge in [-0.3, -0.25) is 9.59 Å². The second-order valence-corrected chi connectivity index (χ2v) is 5.65. The Balaban J connectivity index is 1.95. The van der Waals surface area contributed by atoms with E-state index >= 15 is 0 Å². The Bertz CT molecular complexity index is 339. The number of nitrogens with one attached hydrogen (secondary N) is 2. The Labute approximate surface area is 108 Å². The zero-order valence-corrected chi connectivity index (χ0v) is 11.3. The molecule has 0 aromatic heterocycles. The van der Waals surface area contributed by atoms with Crippen LogP contribution < -0.4 is 10.6 Å². The van der Waals surface area contributed by atoms with E-state index in [2.05, 4.69) is 10.6 Å². The summed E-state index contributed by atoms with van der Waals surface area (Å²) in [5, 5.41) is 5.97. The first-order chi connectivity index (χ1) is 8.57. The molecule has 0 radical (unpaired) electrons. The summed E-state index contributed by atoms with van der Waals surface area (Å²) in [7, 11) is 1.65. The lowest BCUT2D eigenvalue weighted by Crippen LogP contribution is -2.49. The summed E-state index contributed by atoms with van der Waals surface area (Å²) in [6, 6.07) is -0.0363. The summed E-state index contributed by atoms with van der Waals surface area (Å²) in [5.41, 5.74) is -0.418. The van der Waals surface area contributed by atoms with E-state index < -0.39 is 5.41 Å². The van der Waals surface area contributed by atoms with E-state index in [-0.39, 0.29) is 17.9 Å². The molecule has 5 nitrogen and oxygen atoms in total. The molecule has 0 aromatic carbocycles. The number of likely N-dealkylation sites (tertiary alicyclic amines) is 1. The van der Waals surface area contributed by atoms with Gasteiger partial charge in [-0.15, -0.1) is 0 Å². The summed E-state index contributed by atoms with van der Waals surface area (Å²) in [4.78, 5) is 26.0. The van der Waals surface area contributed by atoms with Crippen LogP contribution in [-0.4, -0.2) is 49.4 Å². The van der Waals surface area contributed by atoms with Gasteiger partial charge < -0.3 is 15.5 Å². The molecule has 0 aliphatic carbocycles. The molecular weight excluding hydrogens is 230 g/mol. The van der Waals surface area contributed by atoms with Gasteiger partial charge in [0.15, 0.2) is 0 Å². The summed E-state index contributed by atoms with van der Waals surface area (Å²) >= 11 is 0. The van der Waals surface area contributed by atoms with Crippen LogP contribution in [0, 0.1) is 5.41 Å². The zero-order valence-electron chi connectivity index (χ0n) is 11.3. The molecule has 2 heterocycles. The number of rotatable bonds is 2. The quantitative estimate of drug-likeness (QED) is 0.734. The van der Waals surface area contributed by atoms with E-state index in [1.165, 1.54) is 0 Å². The maximum absolute atomic E-state index is 12.3. The number of nitrogens with zero attached hydrogens (tertiary/aromatic N) is 1. The van der Waals surface area contributed by atoms with Crippen molar-refractivity contribution in [3.63, 3.8) is 0 Å². The van der Waals surface area contributed by atoms with E-state index in [1.54, 1.807) is 7.05 Å². The molecule has 2 atom stereocenters. The topological polar surface area (TPSA) is 61.4 Å². The third kappa shape index (κ3) is 2.51. The van der Waals surface area contributed by atoms with Crippen LogP contribution in [0.25, 0.3) is 0 Å². The van der Waals surface area contributed by atoms with Gasteiger partial charge in [0, 0.05) is 20.1 Å². The van der Waals surface area contributed by atoms with Crippen molar-refractivity contribution in [2.24, 2.45) is 5.41 Å². The molecule has 0 spiro atoms. The predicted octanol–water partition coefficient (Wildman–Crippen LogP) is 0.113. The minimum Gasteiger partial charge on any atom is -0.359 e. The lowest BCUT2D eigenvalue weighted by Gasteiger charge is -2.28. The van der Waals surface area contributed by atoms with Crippen molar-refractivity contribution in [1.82, 2.24) is 15.5 Å². The van der Waals surface area contributed by atoms with Crippen molar-refractivity contribution in [3.05, 3.63) is 0 Å². The highest BCUT2D eigenvalue weighted by molar-refractivity contribution is 5.86. The Hall–Kier alpha value is -1.10. The molecule has 2 N–H and O–H groups in total. The third-order valence-electron chi connectivity index (χ3n) is 4.17. The molecule has 0 bridgehead atoms. The van der Waals surface area contributed by atoms with E-state index in [1.807, 2.05) is 11.8 Å². The van der Waals surface area contributed by atoms with Crippen LogP contribution in [0.1, 0.15) is 32.6 Å². The van der Waals surface area contributed by atoms with Crippen molar-refractivity contribution in [1.29, 1.82) is 0 Å². The maximum Gasteiger partial charge on any atom is 0.239 e. The predicted molar refractivity (Wildman–Crippen MR) is 69.0 cm³/mol. The Kier molecular flexibility index (Phi) is 3.90. The van der Waals surface area contributed by atoms with E-state index in [9.17, 15) is 9.59 Å². The zero-order chi connectivity index (χ0) is 13.2. The fraction of sp³-hybridized carbons (Fsp3) is 0.846. The Morgan fingerprint density at radius 3 is 2.78 bits per heavy atom.